The first-order chi connectivity index (χ1) is 9.63. The molecular weight excluding hydrogens is 257 g/mol. The van der Waals surface area contributed by atoms with E-state index < -0.39 is 5.82 Å². The summed E-state index contributed by atoms with van der Waals surface area (Å²) in [5.41, 5.74) is 0.0563. The minimum atomic E-state index is -0.578. The Bertz CT molecular complexity index is 472. The zero-order valence-corrected chi connectivity index (χ0v) is 12.1. The Morgan fingerprint density at radius 3 is 2.85 bits per heavy atom. The van der Waals surface area contributed by atoms with Gasteiger partial charge in [0.15, 0.2) is 11.6 Å². The predicted molar refractivity (Wildman–Crippen MR) is 77.2 cm³/mol. The molecule has 1 aliphatic carbocycles. The van der Waals surface area contributed by atoms with Gasteiger partial charge in [0.2, 0.25) is 0 Å². The number of carbonyl (C=O) groups is 1. The second-order valence-corrected chi connectivity index (χ2v) is 5.36. The molecule has 1 saturated carbocycles. The van der Waals surface area contributed by atoms with Crippen LogP contribution in [0, 0.1) is 11.7 Å². The van der Waals surface area contributed by atoms with E-state index in [1.807, 2.05) is 13.8 Å². The number of carbonyl (C=O) groups excluding carboxylic acids is 1. The first kappa shape index (κ1) is 14.8. The zero-order chi connectivity index (χ0) is 14.5. The van der Waals surface area contributed by atoms with E-state index in [0.29, 0.717) is 12.5 Å². The summed E-state index contributed by atoms with van der Waals surface area (Å²) >= 11 is 0. The Hall–Kier alpha value is -1.65. The van der Waals surface area contributed by atoms with E-state index in [2.05, 4.69) is 15.6 Å². The third kappa shape index (κ3) is 3.26. The summed E-state index contributed by atoms with van der Waals surface area (Å²) in [4.78, 5) is 16.1. The molecule has 1 unspecified atom stereocenters. The fourth-order valence-corrected chi connectivity index (χ4v) is 2.77. The van der Waals surface area contributed by atoms with Crippen molar-refractivity contribution in [1.29, 1.82) is 0 Å². The van der Waals surface area contributed by atoms with E-state index >= 15 is 0 Å². The topological polar surface area (TPSA) is 54.0 Å². The molecule has 1 amide bonds. The maximum atomic E-state index is 14.2. The van der Waals surface area contributed by atoms with Gasteiger partial charge in [-0.3, -0.25) is 4.79 Å². The van der Waals surface area contributed by atoms with Crippen molar-refractivity contribution in [2.24, 2.45) is 5.92 Å². The van der Waals surface area contributed by atoms with Crippen LogP contribution >= 0.6 is 0 Å². The van der Waals surface area contributed by atoms with Gasteiger partial charge in [-0.1, -0.05) is 12.8 Å². The highest BCUT2D eigenvalue weighted by atomic mass is 19.1. The van der Waals surface area contributed by atoms with Crippen molar-refractivity contribution in [3.8, 4) is 0 Å². The van der Waals surface area contributed by atoms with Crippen molar-refractivity contribution >= 4 is 11.7 Å². The van der Waals surface area contributed by atoms with Crippen LogP contribution in [-0.2, 0) is 0 Å². The van der Waals surface area contributed by atoms with Crippen LogP contribution in [0.25, 0.3) is 0 Å². The first-order valence-corrected chi connectivity index (χ1v) is 7.32. The number of halogens is 1. The number of rotatable bonds is 5. The number of amides is 1. The molecule has 0 aromatic carbocycles. The minimum Gasteiger partial charge on any atom is -0.368 e. The van der Waals surface area contributed by atoms with Crippen LogP contribution in [0.5, 0.6) is 0 Å². The number of nitrogens with zero attached hydrogens (tertiary/aromatic N) is 1. The molecule has 4 nitrogen and oxygen atoms in total. The summed E-state index contributed by atoms with van der Waals surface area (Å²) in [6, 6.07) is 1.51. The van der Waals surface area contributed by atoms with Gasteiger partial charge in [-0.2, -0.15) is 0 Å². The normalized spacial score (nSPS) is 16.9. The minimum absolute atomic E-state index is 0.0563. The maximum Gasteiger partial charge on any atom is 0.254 e. The summed E-state index contributed by atoms with van der Waals surface area (Å²) in [7, 11) is 0. The molecule has 110 valence electrons. The van der Waals surface area contributed by atoms with E-state index in [0.717, 1.165) is 12.8 Å². The van der Waals surface area contributed by atoms with Crippen LogP contribution in [0.15, 0.2) is 12.3 Å². The highest BCUT2D eigenvalue weighted by Crippen LogP contribution is 2.27. The van der Waals surface area contributed by atoms with E-state index in [4.69, 9.17) is 0 Å². The molecule has 2 rings (SSSR count). The second kappa shape index (κ2) is 6.68. The number of aromatic nitrogens is 1. The van der Waals surface area contributed by atoms with Crippen LogP contribution in [0.2, 0.25) is 0 Å². The molecule has 1 aliphatic rings. The molecule has 0 saturated heterocycles. The summed E-state index contributed by atoms with van der Waals surface area (Å²) in [6.07, 6.45) is 6.18. The van der Waals surface area contributed by atoms with Crippen molar-refractivity contribution in [2.75, 3.05) is 11.9 Å². The third-order valence-corrected chi connectivity index (χ3v) is 3.94. The Balaban J connectivity index is 2.06. The van der Waals surface area contributed by atoms with Crippen molar-refractivity contribution in [3.05, 3.63) is 23.6 Å². The average Bonchev–Trinajstić information content (AvgIpc) is 2.95. The van der Waals surface area contributed by atoms with Gasteiger partial charge in [0.1, 0.15) is 0 Å². The largest absolute Gasteiger partial charge is 0.368 e. The SMILES string of the molecule is CCNc1nccc(C(=O)NC(C)C2CCCC2)c1F. The lowest BCUT2D eigenvalue weighted by molar-refractivity contribution is 0.0923. The number of anilines is 1. The lowest BCUT2D eigenvalue weighted by Gasteiger charge is -2.20. The number of hydrogen-bond donors (Lipinski definition) is 2. The van der Waals surface area contributed by atoms with Crippen LogP contribution in [0.1, 0.15) is 49.9 Å². The maximum absolute atomic E-state index is 14.2. The standard InChI is InChI=1S/C15H22FN3O/c1-3-17-14-13(16)12(8-9-18-14)15(20)19-10(2)11-6-4-5-7-11/h8-11H,3-7H2,1-2H3,(H,17,18)(H,19,20). The van der Waals surface area contributed by atoms with E-state index in [1.165, 1.54) is 25.1 Å². The Morgan fingerprint density at radius 2 is 2.20 bits per heavy atom. The molecule has 1 fully saturated rings. The van der Waals surface area contributed by atoms with Crippen molar-refractivity contribution in [3.63, 3.8) is 0 Å². The van der Waals surface area contributed by atoms with Gasteiger partial charge < -0.3 is 10.6 Å². The van der Waals surface area contributed by atoms with Gasteiger partial charge in [0.05, 0.1) is 5.56 Å². The van der Waals surface area contributed by atoms with Crippen molar-refractivity contribution < 1.29 is 9.18 Å². The molecule has 0 radical (unpaired) electrons. The number of hydrogen-bond acceptors (Lipinski definition) is 3. The molecule has 1 aromatic heterocycles. The molecule has 0 aliphatic heterocycles. The fraction of sp³-hybridized carbons (Fsp3) is 0.600. The second-order valence-electron chi connectivity index (χ2n) is 5.36. The van der Waals surface area contributed by atoms with E-state index in [1.54, 1.807) is 0 Å². The van der Waals surface area contributed by atoms with Crippen molar-refractivity contribution in [2.45, 2.75) is 45.6 Å². The van der Waals surface area contributed by atoms with Crippen molar-refractivity contribution in [1.82, 2.24) is 10.3 Å². The summed E-state index contributed by atoms with van der Waals surface area (Å²) in [6.45, 7) is 4.42. The quantitative estimate of drug-likeness (QED) is 0.871. The number of pyridine rings is 1. The van der Waals surface area contributed by atoms with Crippen LogP contribution in [0.4, 0.5) is 10.2 Å². The monoisotopic (exact) mass is 279 g/mol. The summed E-state index contributed by atoms with van der Waals surface area (Å²) < 4.78 is 14.2. The third-order valence-electron chi connectivity index (χ3n) is 3.94. The van der Waals surface area contributed by atoms with Gasteiger partial charge in [-0.25, -0.2) is 9.37 Å². The molecule has 0 spiro atoms. The fourth-order valence-electron chi connectivity index (χ4n) is 2.77. The molecule has 2 N–H and O–H groups in total. The molecular formula is C15H22FN3O. The summed E-state index contributed by atoms with van der Waals surface area (Å²) in [5.74, 6) is -0.292. The molecule has 5 heteroatoms. The van der Waals surface area contributed by atoms with Gasteiger partial charge in [0.25, 0.3) is 5.91 Å². The predicted octanol–water partition coefficient (Wildman–Crippen LogP) is 2.96. The lowest BCUT2D eigenvalue weighted by Crippen LogP contribution is -2.37. The average molecular weight is 279 g/mol. The highest BCUT2D eigenvalue weighted by molar-refractivity contribution is 5.95. The first-order valence-electron chi connectivity index (χ1n) is 7.32. The highest BCUT2D eigenvalue weighted by Gasteiger charge is 2.24. The molecule has 0 bridgehead atoms. The smallest absolute Gasteiger partial charge is 0.254 e. The Labute approximate surface area is 119 Å². The van der Waals surface area contributed by atoms with E-state index in [9.17, 15) is 9.18 Å². The van der Waals surface area contributed by atoms with E-state index in [-0.39, 0.29) is 23.3 Å². The van der Waals surface area contributed by atoms with Gasteiger partial charge in [0, 0.05) is 18.8 Å². The van der Waals surface area contributed by atoms with Gasteiger partial charge in [-0.05, 0) is 38.7 Å². The van der Waals surface area contributed by atoms with Gasteiger partial charge >= 0.3 is 0 Å². The lowest BCUT2D eigenvalue weighted by atomic mass is 9.99. The molecule has 20 heavy (non-hydrogen) atoms. The van der Waals surface area contributed by atoms with Gasteiger partial charge in [-0.15, -0.1) is 0 Å². The van der Waals surface area contributed by atoms with Crippen LogP contribution < -0.4 is 10.6 Å². The number of nitrogens with one attached hydrogen (secondary N) is 2. The Morgan fingerprint density at radius 1 is 1.50 bits per heavy atom. The zero-order valence-electron chi connectivity index (χ0n) is 12.1. The molecule has 1 aromatic rings. The molecule has 1 heterocycles. The van der Waals surface area contributed by atoms with Crippen LogP contribution in [0.3, 0.4) is 0 Å². The van der Waals surface area contributed by atoms with Crippen LogP contribution in [-0.4, -0.2) is 23.5 Å². The Kier molecular flexibility index (Phi) is 4.93. The summed E-state index contributed by atoms with van der Waals surface area (Å²) in [5, 5.41) is 5.73. The molecule has 1 atom stereocenters.